The van der Waals surface area contributed by atoms with E-state index in [1.165, 1.54) is 0 Å². The van der Waals surface area contributed by atoms with Gasteiger partial charge in [-0.15, -0.1) is 0 Å². The zero-order valence-corrected chi connectivity index (χ0v) is 18.9. The Morgan fingerprint density at radius 3 is 2.29 bits per heavy atom. The highest BCUT2D eigenvalue weighted by molar-refractivity contribution is 5.87. The predicted octanol–water partition coefficient (Wildman–Crippen LogP) is 2.31. The van der Waals surface area contributed by atoms with Gasteiger partial charge in [-0.05, 0) is 55.2 Å². The molecule has 1 aromatic rings. The van der Waals surface area contributed by atoms with E-state index in [-0.39, 0.29) is 47.1 Å². The minimum atomic E-state index is -0.492. The summed E-state index contributed by atoms with van der Waals surface area (Å²) in [7, 11) is 0. The number of ketones is 1. The molecule has 0 saturated heterocycles. The second-order valence-corrected chi connectivity index (χ2v) is 9.63. The van der Waals surface area contributed by atoms with Crippen molar-refractivity contribution in [2.45, 2.75) is 65.3 Å². The van der Waals surface area contributed by atoms with E-state index in [1.807, 2.05) is 32.9 Å². The van der Waals surface area contributed by atoms with E-state index >= 15 is 0 Å². The smallest absolute Gasteiger partial charge is 0.239 e. The lowest BCUT2D eigenvalue weighted by molar-refractivity contribution is -0.129. The van der Waals surface area contributed by atoms with Gasteiger partial charge < -0.3 is 21.5 Å². The Balaban J connectivity index is 1.71. The van der Waals surface area contributed by atoms with Crippen molar-refractivity contribution in [1.82, 2.24) is 10.6 Å². The van der Waals surface area contributed by atoms with Crippen LogP contribution < -0.4 is 16.4 Å². The highest BCUT2D eigenvalue weighted by Gasteiger charge is 2.34. The summed E-state index contributed by atoms with van der Waals surface area (Å²) in [4.78, 5) is 37.3. The molecule has 7 nitrogen and oxygen atoms in total. The molecule has 7 heteroatoms. The van der Waals surface area contributed by atoms with Crippen molar-refractivity contribution in [2.24, 2.45) is 23.0 Å². The van der Waals surface area contributed by atoms with Crippen molar-refractivity contribution >= 4 is 17.6 Å². The summed E-state index contributed by atoms with van der Waals surface area (Å²) < 4.78 is 0. The van der Waals surface area contributed by atoms with Crippen LogP contribution in [0.5, 0.6) is 5.75 Å². The third-order valence-electron chi connectivity index (χ3n) is 6.08. The topological polar surface area (TPSA) is 122 Å². The molecule has 0 spiro atoms. The van der Waals surface area contributed by atoms with Gasteiger partial charge in [0.2, 0.25) is 11.8 Å². The number of benzene rings is 1. The van der Waals surface area contributed by atoms with Crippen molar-refractivity contribution in [3.63, 3.8) is 0 Å². The van der Waals surface area contributed by atoms with Crippen molar-refractivity contribution in [1.29, 1.82) is 0 Å². The first-order valence-electron chi connectivity index (χ1n) is 11.2. The Hall–Kier alpha value is -2.41. The van der Waals surface area contributed by atoms with Crippen LogP contribution in [0.15, 0.2) is 24.3 Å². The van der Waals surface area contributed by atoms with Crippen LogP contribution in [0, 0.1) is 17.3 Å². The van der Waals surface area contributed by atoms with Crippen LogP contribution in [0.2, 0.25) is 0 Å². The van der Waals surface area contributed by atoms with Crippen LogP contribution in [0.1, 0.15) is 58.4 Å². The first-order valence-corrected chi connectivity index (χ1v) is 11.2. The largest absolute Gasteiger partial charge is 0.508 e. The number of nitrogens with two attached hydrogens (primary N) is 1. The standard InChI is InChI=1S/C24H37N3O4/c1-24(2,3)22(25)21(30)17-5-4-6-18(10-9-17)23(31)27-15-20(29)26-14-13-16-7-11-19(28)12-8-16/h7-8,11-12,17-18,22,28H,4-6,9-10,13-15,25H2,1-3H3,(H,26,29)(H,27,31)/t17?,18-,22-/m1/s1. The summed E-state index contributed by atoms with van der Waals surface area (Å²) in [6.07, 6.45) is 4.26. The van der Waals surface area contributed by atoms with E-state index in [0.29, 0.717) is 25.8 Å². The molecular weight excluding hydrogens is 394 g/mol. The molecule has 1 aliphatic rings. The number of hydrogen-bond acceptors (Lipinski definition) is 5. The van der Waals surface area contributed by atoms with Crippen LogP contribution in [-0.4, -0.2) is 41.8 Å². The van der Waals surface area contributed by atoms with E-state index in [1.54, 1.807) is 12.1 Å². The van der Waals surface area contributed by atoms with Crippen LogP contribution in [0.25, 0.3) is 0 Å². The maximum absolute atomic E-state index is 12.7. The Bertz CT molecular complexity index is 755. The normalized spacial score (nSPS) is 20.4. The second kappa shape index (κ2) is 11.3. The molecule has 2 rings (SSSR count). The average molecular weight is 432 g/mol. The highest BCUT2D eigenvalue weighted by atomic mass is 16.3. The van der Waals surface area contributed by atoms with E-state index in [2.05, 4.69) is 10.6 Å². The van der Waals surface area contributed by atoms with Gasteiger partial charge in [-0.25, -0.2) is 0 Å². The van der Waals surface area contributed by atoms with Crippen molar-refractivity contribution in [2.75, 3.05) is 13.1 Å². The number of carbonyl (C=O) groups is 3. The number of phenolic OH excluding ortho intramolecular Hbond substituents is 1. The first kappa shape index (κ1) is 24.9. The maximum Gasteiger partial charge on any atom is 0.239 e. The molecule has 0 aromatic heterocycles. The monoisotopic (exact) mass is 431 g/mol. The number of aromatic hydroxyl groups is 1. The summed E-state index contributed by atoms with van der Waals surface area (Å²) in [6, 6.07) is 6.34. The third-order valence-corrected chi connectivity index (χ3v) is 6.08. The molecule has 5 N–H and O–H groups in total. The van der Waals surface area contributed by atoms with Gasteiger partial charge in [0.05, 0.1) is 12.6 Å². The number of Topliss-reactive ketones (excluding diaryl/α,β-unsaturated/α-hetero) is 1. The van der Waals surface area contributed by atoms with Crippen LogP contribution in [0.3, 0.4) is 0 Å². The van der Waals surface area contributed by atoms with Crippen molar-refractivity contribution in [3.05, 3.63) is 29.8 Å². The number of carbonyl (C=O) groups excluding carboxylic acids is 3. The number of phenols is 1. The Labute approximate surface area is 185 Å². The van der Waals surface area contributed by atoms with Gasteiger partial charge in [0.1, 0.15) is 5.75 Å². The van der Waals surface area contributed by atoms with Crippen molar-refractivity contribution in [3.8, 4) is 5.75 Å². The fourth-order valence-corrected chi connectivity index (χ4v) is 3.91. The number of amides is 2. The van der Waals surface area contributed by atoms with Gasteiger partial charge in [-0.1, -0.05) is 39.3 Å². The Morgan fingerprint density at radius 1 is 1.03 bits per heavy atom. The lowest BCUT2D eigenvalue weighted by atomic mass is 9.79. The van der Waals surface area contributed by atoms with Gasteiger partial charge in [-0.2, -0.15) is 0 Å². The molecule has 1 aliphatic carbocycles. The summed E-state index contributed by atoms with van der Waals surface area (Å²) in [5.41, 5.74) is 6.89. The van der Waals surface area contributed by atoms with Gasteiger partial charge in [0.15, 0.2) is 5.78 Å². The van der Waals surface area contributed by atoms with Gasteiger partial charge in [-0.3, -0.25) is 14.4 Å². The summed E-state index contributed by atoms with van der Waals surface area (Å²) in [5.74, 6) is -0.307. The molecular formula is C24H37N3O4. The minimum absolute atomic E-state index is 0.0534. The maximum atomic E-state index is 12.7. The fraction of sp³-hybridized carbons (Fsp3) is 0.625. The average Bonchev–Trinajstić information content (AvgIpc) is 2.98. The quantitative estimate of drug-likeness (QED) is 0.471. The molecule has 1 saturated carbocycles. The molecule has 3 atom stereocenters. The van der Waals surface area contributed by atoms with E-state index in [9.17, 15) is 19.5 Å². The molecule has 2 amide bonds. The second-order valence-electron chi connectivity index (χ2n) is 9.63. The molecule has 0 aliphatic heterocycles. The Morgan fingerprint density at radius 2 is 1.65 bits per heavy atom. The SMILES string of the molecule is CC(C)(C)[C@H](N)C(=O)C1CCC[C@@H](C(=O)NCC(=O)NCCc2ccc(O)cc2)CC1. The molecule has 1 unspecified atom stereocenters. The van der Waals surface area contributed by atoms with Crippen LogP contribution >= 0.6 is 0 Å². The zero-order chi connectivity index (χ0) is 23.0. The molecule has 31 heavy (non-hydrogen) atoms. The van der Waals surface area contributed by atoms with Crippen LogP contribution in [0.4, 0.5) is 0 Å². The molecule has 0 bridgehead atoms. The lowest BCUT2D eigenvalue weighted by Crippen LogP contribution is -2.45. The predicted molar refractivity (Wildman–Crippen MR) is 120 cm³/mol. The zero-order valence-electron chi connectivity index (χ0n) is 18.9. The number of rotatable bonds is 8. The van der Waals surface area contributed by atoms with Gasteiger partial charge in [0.25, 0.3) is 0 Å². The highest BCUT2D eigenvalue weighted by Crippen LogP contribution is 2.31. The van der Waals surface area contributed by atoms with Crippen molar-refractivity contribution < 1.29 is 19.5 Å². The van der Waals surface area contributed by atoms with E-state index in [4.69, 9.17) is 5.73 Å². The first-order chi connectivity index (χ1) is 14.6. The number of nitrogens with one attached hydrogen (secondary N) is 2. The minimum Gasteiger partial charge on any atom is -0.508 e. The molecule has 0 radical (unpaired) electrons. The van der Waals surface area contributed by atoms with Crippen LogP contribution in [-0.2, 0) is 20.8 Å². The summed E-state index contributed by atoms with van der Waals surface area (Å²) >= 11 is 0. The Kier molecular flexibility index (Phi) is 9.04. The molecule has 1 fully saturated rings. The third kappa shape index (κ3) is 7.98. The van der Waals surface area contributed by atoms with E-state index in [0.717, 1.165) is 24.8 Å². The summed E-state index contributed by atoms with van der Waals surface area (Å²) in [5, 5.41) is 14.8. The van der Waals surface area contributed by atoms with E-state index < -0.39 is 6.04 Å². The number of hydrogen-bond donors (Lipinski definition) is 4. The molecule has 1 aromatic carbocycles. The fourth-order valence-electron chi connectivity index (χ4n) is 3.91. The summed E-state index contributed by atoms with van der Waals surface area (Å²) in [6.45, 7) is 6.32. The van der Waals surface area contributed by atoms with Gasteiger partial charge >= 0.3 is 0 Å². The molecule has 172 valence electrons. The molecule has 0 heterocycles. The van der Waals surface area contributed by atoms with Gasteiger partial charge in [0, 0.05) is 18.4 Å². The lowest BCUT2D eigenvalue weighted by Gasteiger charge is -2.29.